The topological polar surface area (TPSA) is 81.7 Å². The molecule has 0 aromatic heterocycles. The Balaban J connectivity index is 0.00000261. The van der Waals surface area contributed by atoms with Crippen LogP contribution in [0, 0.1) is 13.0 Å². The van der Waals surface area contributed by atoms with E-state index in [-0.39, 0.29) is 38.5 Å². The normalized spacial score (nSPS) is 11.2. The molecular formula is C20H20N5OY-. The summed E-state index contributed by atoms with van der Waals surface area (Å²) in [4.78, 5) is 0. The van der Waals surface area contributed by atoms with E-state index < -0.39 is 0 Å². The molecule has 27 heavy (non-hydrogen) atoms. The van der Waals surface area contributed by atoms with Crippen LogP contribution in [0.5, 0.6) is 5.75 Å². The molecule has 2 N–H and O–H groups in total. The van der Waals surface area contributed by atoms with Gasteiger partial charge in [0.05, 0.1) is 11.1 Å². The number of anilines is 1. The van der Waals surface area contributed by atoms with E-state index in [0.717, 1.165) is 28.9 Å². The van der Waals surface area contributed by atoms with E-state index in [0.29, 0.717) is 16.8 Å². The van der Waals surface area contributed by atoms with Gasteiger partial charge in [0, 0.05) is 46.3 Å². The quantitative estimate of drug-likeness (QED) is 0.369. The fourth-order valence-corrected chi connectivity index (χ4v) is 2.73. The summed E-state index contributed by atoms with van der Waals surface area (Å²) in [5, 5.41) is 31.7. The van der Waals surface area contributed by atoms with Crippen LogP contribution in [0.15, 0.2) is 62.9 Å². The zero-order chi connectivity index (χ0) is 18.5. The summed E-state index contributed by atoms with van der Waals surface area (Å²) in [5.41, 5.74) is 3.70. The van der Waals surface area contributed by atoms with E-state index >= 15 is 0 Å². The van der Waals surface area contributed by atoms with Crippen molar-refractivity contribution in [3.63, 3.8) is 0 Å². The summed E-state index contributed by atoms with van der Waals surface area (Å²) in [6.45, 7) is 4.68. The summed E-state index contributed by atoms with van der Waals surface area (Å²) in [6, 6.07) is 15.9. The van der Waals surface area contributed by atoms with Gasteiger partial charge in [-0.1, -0.05) is 25.1 Å². The van der Waals surface area contributed by atoms with Crippen LogP contribution in [0.1, 0.15) is 12.5 Å². The molecule has 0 aliphatic heterocycles. The monoisotopic (exact) mass is 435 g/mol. The maximum absolute atomic E-state index is 10.3. The standard InChI is InChI=1S/C20H20N5O.Y/c1-4-22-17-10-8-14-6-5-7-18(26)19(14)20(17)25-23-15-9-11-16(24-21-3)13(2)12-15;/h5-8,10-12,22,26H,4H2,1-3H3;/q-1;. The Hall–Kier alpha value is -2.18. The molecule has 135 valence electrons. The van der Waals surface area contributed by atoms with Crippen LogP contribution in [0.4, 0.5) is 22.7 Å². The van der Waals surface area contributed by atoms with E-state index in [1.807, 2.05) is 44.2 Å². The minimum absolute atomic E-state index is 0. The van der Waals surface area contributed by atoms with Gasteiger partial charge in [-0.2, -0.15) is 11.2 Å². The van der Waals surface area contributed by atoms with Crippen LogP contribution in [-0.4, -0.2) is 18.7 Å². The van der Waals surface area contributed by atoms with Crippen molar-refractivity contribution in [2.75, 3.05) is 18.9 Å². The summed E-state index contributed by atoms with van der Waals surface area (Å²) in [6.07, 6.45) is 0. The van der Waals surface area contributed by atoms with Crippen molar-refractivity contribution < 1.29 is 37.8 Å². The van der Waals surface area contributed by atoms with Crippen LogP contribution >= 0.6 is 0 Å². The van der Waals surface area contributed by atoms with Crippen molar-refractivity contribution in [1.29, 1.82) is 0 Å². The Bertz CT molecular complexity index is 1000. The fraction of sp³-hybridized carbons (Fsp3) is 0.200. The van der Waals surface area contributed by atoms with Gasteiger partial charge in [-0.05, 0) is 35.8 Å². The third-order valence-corrected chi connectivity index (χ3v) is 3.94. The first-order valence-corrected chi connectivity index (χ1v) is 8.36. The number of benzene rings is 3. The van der Waals surface area contributed by atoms with E-state index in [2.05, 4.69) is 31.8 Å². The number of phenols is 1. The van der Waals surface area contributed by atoms with Crippen molar-refractivity contribution >= 4 is 33.5 Å². The minimum atomic E-state index is 0. The average Bonchev–Trinajstić information content (AvgIpc) is 2.63. The molecule has 0 spiro atoms. The number of nitrogens with one attached hydrogen (secondary N) is 1. The predicted octanol–water partition coefficient (Wildman–Crippen LogP) is 6.21. The number of fused-ring (bicyclic) bond motifs is 1. The van der Waals surface area contributed by atoms with E-state index in [4.69, 9.17) is 0 Å². The Morgan fingerprint density at radius 3 is 2.63 bits per heavy atom. The Kier molecular flexibility index (Phi) is 7.57. The number of azo groups is 2. The molecule has 0 aliphatic rings. The van der Waals surface area contributed by atoms with Crippen LogP contribution < -0.4 is 5.32 Å². The molecule has 0 amide bonds. The third kappa shape index (κ3) is 4.76. The molecule has 3 aromatic carbocycles. The summed E-state index contributed by atoms with van der Waals surface area (Å²) >= 11 is 0. The van der Waals surface area contributed by atoms with Crippen LogP contribution in [0.3, 0.4) is 0 Å². The van der Waals surface area contributed by atoms with Crippen LogP contribution in [-0.2, 0) is 32.7 Å². The van der Waals surface area contributed by atoms with Crippen LogP contribution in [0.25, 0.3) is 10.8 Å². The Morgan fingerprint density at radius 1 is 1.11 bits per heavy atom. The first-order chi connectivity index (χ1) is 12.6. The predicted molar refractivity (Wildman–Crippen MR) is 104 cm³/mol. The molecule has 0 atom stereocenters. The molecular weight excluding hydrogens is 415 g/mol. The van der Waals surface area contributed by atoms with E-state index in [1.54, 1.807) is 19.2 Å². The summed E-state index contributed by atoms with van der Waals surface area (Å²) < 4.78 is 0. The van der Waals surface area contributed by atoms with Gasteiger partial charge in [-0.25, -0.2) is 10.2 Å². The molecule has 0 aliphatic carbocycles. The number of nitrogens with zero attached hydrogens (tertiary/aromatic N) is 4. The molecule has 0 fully saturated rings. The molecule has 0 heterocycles. The Morgan fingerprint density at radius 2 is 1.93 bits per heavy atom. The number of rotatable bonds is 5. The van der Waals surface area contributed by atoms with Gasteiger partial charge >= 0.3 is 0 Å². The van der Waals surface area contributed by atoms with Gasteiger partial charge in [0.15, 0.2) is 0 Å². The van der Waals surface area contributed by atoms with Gasteiger partial charge in [0.25, 0.3) is 0 Å². The molecule has 3 rings (SSSR count). The molecule has 6 nitrogen and oxygen atoms in total. The number of phenolic OH excluding ortho intramolecular Hbond substituents is 1. The van der Waals surface area contributed by atoms with Crippen molar-refractivity contribution in [1.82, 2.24) is 0 Å². The largest absolute Gasteiger partial charge is 0.507 e. The maximum Gasteiger partial charge on any atom is 0.125 e. The van der Waals surface area contributed by atoms with Crippen molar-refractivity contribution in [2.24, 2.45) is 20.5 Å². The minimum Gasteiger partial charge on any atom is -0.507 e. The number of aromatic hydroxyl groups is 1. The van der Waals surface area contributed by atoms with E-state index in [1.165, 1.54) is 0 Å². The van der Waals surface area contributed by atoms with Gasteiger partial charge in [0.1, 0.15) is 11.4 Å². The average molecular weight is 435 g/mol. The molecule has 0 saturated carbocycles. The molecule has 0 saturated heterocycles. The third-order valence-electron chi connectivity index (χ3n) is 3.94. The van der Waals surface area contributed by atoms with Crippen molar-refractivity contribution in [3.05, 3.63) is 54.1 Å². The SMILES string of the molecule is CCNc1ccc2cccc(O)c2c1N=Nc1[c-]cc(N=NC)c(C)c1.[Y]. The molecule has 0 unspecified atom stereocenters. The molecule has 1 radical (unpaired) electrons. The smallest absolute Gasteiger partial charge is 0.125 e. The second-order valence-corrected chi connectivity index (χ2v) is 5.75. The second-order valence-electron chi connectivity index (χ2n) is 5.75. The molecule has 7 heteroatoms. The summed E-state index contributed by atoms with van der Waals surface area (Å²) in [7, 11) is 1.63. The van der Waals surface area contributed by atoms with Gasteiger partial charge in [-0.15, -0.1) is 22.8 Å². The number of aryl methyl sites for hydroxylation is 1. The van der Waals surface area contributed by atoms with Gasteiger partial charge in [-0.3, -0.25) is 0 Å². The second kappa shape index (κ2) is 9.67. The van der Waals surface area contributed by atoms with Gasteiger partial charge < -0.3 is 10.4 Å². The number of hydrogen-bond donors (Lipinski definition) is 2. The van der Waals surface area contributed by atoms with Gasteiger partial charge in [0.2, 0.25) is 0 Å². The first-order valence-electron chi connectivity index (χ1n) is 8.36. The zero-order valence-electron chi connectivity index (χ0n) is 15.6. The molecule has 0 bridgehead atoms. The van der Waals surface area contributed by atoms with Crippen LogP contribution in [0.2, 0.25) is 0 Å². The van der Waals surface area contributed by atoms with Crippen molar-refractivity contribution in [3.8, 4) is 5.75 Å². The Labute approximate surface area is 183 Å². The van der Waals surface area contributed by atoms with Crippen molar-refractivity contribution in [2.45, 2.75) is 13.8 Å². The zero-order valence-corrected chi connectivity index (χ0v) is 18.4. The van der Waals surface area contributed by atoms with E-state index in [9.17, 15) is 5.11 Å². The molecule has 3 aromatic rings. The maximum atomic E-state index is 10.3. The summed E-state index contributed by atoms with van der Waals surface area (Å²) in [5.74, 6) is 0.176. The number of hydrogen-bond acceptors (Lipinski definition) is 6. The first kappa shape index (κ1) is 21.1. The fourth-order valence-electron chi connectivity index (χ4n) is 2.73.